The van der Waals surface area contributed by atoms with E-state index in [0.29, 0.717) is 12.5 Å². The van der Waals surface area contributed by atoms with Gasteiger partial charge in [0.2, 0.25) is 5.91 Å². The Hall–Kier alpha value is -3.39. The van der Waals surface area contributed by atoms with Gasteiger partial charge in [0.05, 0.1) is 6.54 Å². The van der Waals surface area contributed by atoms with Crippen molar-refractivity contribution in [3.05, 3.63) is 59.7 Å². The largest absolute Gasteiger partial charge is 0.479 e. The van der Waals surface area contributed by atoms with Crippen molar-refractivity contribution < 1.29 is 29.3 Å². The van der Waals surface area contributed by atoms with E-state index >= 15 is 0 Å². The Balaban J connectivity index is 1.31. The molecule has 8 heteroatoms. The smallest absolute Gasteiger partial charge is 0.407 e. The molecular weight excluding hydrogens is 448 g/mol. The van der Waals surface area contributed by atoms with Gasteiger partial charge in [0, 0.05) is 18.9 Å². The Bertz CT molecular complexity index is 1020. The van der Waals surface area contributed by atoms with E-state index in [-0.39, 0.29) is 37.3 Å². The van der Waals surface area contributed by atoms with Crippen LogP contribution in [0.1, 0.15) is 49.1 Å². The molecule has 1 unspecified atom stereocenters. The predicted molar refractivity (Wildman–Crippen MR) is 130 cm³/mol. The number of carboxylic acids is 1. The number of fused-ring (bicyclic) bond motifs is 3. The summed E-state index contributed by atoms with van der Waals surface area (Å²) in [6, 6.07) is 16.3. The third kappa shape index (κ3) is 6.00. The molecule has 186 valence electrons. The van der Waals surface area contributed by atoms with Gasteiger partial charge in [-0.3, -0.25) is 4.79 Å². The van der Waals surface area contributed by atoms with Gasteiger partial charge >= 0.3 is 12.1 Å². The standard InChI is InChI=1S/C27H32N2O6/c30-24(26(32)33)15-28-25(31)13-18(17-7-1-2-8-17)14-29-27(34)35-16-23-21-11-5-3-9-19(21)20-10-4-6-12-22(20)23/h3-6,9-12,17-18,23-24,30H,1-2,7-8,13-16H2,(H,28,31)(H,29,34)(H,32,33)/t18?,24-/m0/s1. The van der Waals surface area contributed by atoms with E-state index in [1.165, 1.54) is 0 Å². The molecule has 2 amide bonds. The van der Waals surface area contributed by atoms with Crippen LogP contribution >= 0.6 is 0 Å². The van der Waals surface area contributed by atoms with Gasteiger partial charge in [-0.1, -0.05) is 74.2 Å². The molecule has 0 saturated heterocycles. The highest BCUT2D eigenvalue weighted by molar-refractivity contribution is 5.79. The molecule has 2 aliphatic carbocycles. The number of aliphatic hydroxyl groups excluding tert-OH is 1. The molecule has 4 N–H and O–H groups in total. The van der Waals surface area contributed by atoms with Crippen LogP contribution in [0.5, 0.6) is 0 Å². The van der Waals surface area contributed by atoms with Crippen LogP contribution in [0.2, 0.25) is 0 Å². The van der Waals surface area contributed by atoms with Crippen molar-refractivity contribution in [3.8, 4) is 11.1 Å². The Morgan fingerprint density at radius 3 is 2.11 bits per heavy atom. The minimum absolute atomic E-state index is 0.0229. The van der Waals surface area contributed by atoms with E-state index in [9.17, 15) is 19.5 Å². The maximum absolute atomic E-state index is 12.6. The lowest BCUT2D eigenvalue weighted by Gasteiger charge is -2.23. The van der Waals surface area contributed by atoms with E-state index in [1.807, 2.05) is 24.3 Å². The molecule has 35 heavy (non-hydrogen) atoms. The van der Waals surface area contributed by atoms with Gasteiger partial charge in [-0.15, -0.1) is 0 Å². The monoisotopic (exact) mass is 480 g/mol. The number of rotatable bonds is 10. The second kappa shape index (κ2) is 11.4. The molecule has 8 nitrogen and oxygen atoms in total. The van der Waals surface area contributed by atoms with Crippen molar-refractivity contribution in [2.75, 3.05) is 19.7 Å². The lowest BCUT2D eigenvalue weighted by Crippen LogP contribution is -2.40. The van der Waals surface area contributed by atoms with Crippen molar-refractivity contribution in [2.24, 2.45) is 11.8 Å². The summed E-state index contributed by atoms with van der Waals surface area (Å²) >= 11 is 0. The first-order valence-electron chi connectivity index (χ1n) is 12.2. The molecular formula is C27H32N2O6. The van der Waals surface area contributed by atoms with Gasteiger partial charge in [-0.05, 0) is 34.1 Å². The average molecular weight is 481 g/mol. The van der Waals surface area contributed by atoms with Crippen LogP contribution in [0.25, 0.3) is 11.1 Å². The van der Waals surface area contributed by atoms with E-state index in [0.717, 1.165) is 47.9 Å². The lowest BCUT2D eigenvalue weighted by atomic mass is 9.87. The number of hydrogen-bond donors (Lipinski definition) is 4. The van der Waals surface area contributed by atoms with Gasteiger partial charge in [-0.2, -0.15) is 0 Å². The van der Waals surface area contributed by atoms with Crippen LogP contribution < -0.4 is 10.6 Å². The number of carbonyl (C=O) groups excluding carboxylic acids is 2. The molecule has 0 spiro atoms. The number of carbonyl (C=O) groups is 3. The maximum atomic E-state index is 12.6. The first-order valence-corrected chi connectivity index (χ1v) is 12.2. The minimum Gasteiger partial charge on any atom is -0.479 e. The van der Waals surface area contributed by atoms with Gasteiger partial charge in [0.1, 0.15) is 6.61 Å². The van der Waals surface area contributed by atoms with Crippen LogP contribution in [0.3, 0.4) is 0 Å². The van der Waals surface area contributed by atoms with Crippen LogP contribution in [0, 0.1) is 11.8 Å². The number of amides is 2. The van der Waals surface area contributed by atoms with Crippen molar-refractivity contribution in [3.63, 3.8) is 0 Å². The Morgan fingerprint density at radius 2 is 1.51 bits per heavy atom. The molecule has 2 atom stereocenters. The van der Waals surface area contributed by atoms with Gasteiger partial charge < -0.3 is 25.6 Å². The van der Waals surface area contributed by atoms with Gasteiger partial charge in [0.25, 0.3) is 0 Å². The molecule has 1 fully saturated rings. The van der Waals surface area contributed by atoms with Crippen LogP contribution in [-0.2, 0) is 14.3 Å². The summed E-state index contributed by atoms with van der Waals surface area (Å²) in [6.07, 6.45) is 2.15. The molecule has 0 heterocycles. The Morgan fingerprint density at radius 1 is 0.914 bits per heavy atom. The highest BCUT2D eigenvalue weighted by Gasteiger charge is 2.30. The molecule has 2 aromatic carbocycles. The fourth-order valence-electron chi connectivity index (χ4n) is 5.31. The van der Waals surface area contributed by atoms with Gasteiger partial charge in [-0.25, -0.2) is 9.59 Å². The highest BCUT2D eigenvalue weighted by Crippen LogP contribution is 2.44. The van der Waals surface area contributed by atoms with Crippen molar-refractivity contribution >= 4 is 18.0 Å². The maximum Gasteiger partial charge on any atom is 0.407 e. The summed E-state index contributed by atoms with van der Waals surface area (Å²) in [5.74, 6) is -1.52. The van der Waals surface area contributed by atoms with E-state index in [2.05, 4.69) is 34.9 Å². The quantitative estimate of drug-likeness (QED) is 0.414. The Kier molecular flexibility index (Phi) is 8.02. The summed E-state index contributed by atoms with van der Waals surface area (Å²) in [5, 5.41) is 23.5. The molecule has 0 radical (unpaired) electrons. The molecule has 1 saturated carbocycles. The molecule has 2 aliphatic rings. The van der Waals surface area contributed by atoms with E-state index in [1.54, 1.807) is 0 Å². The Labute approximate surface area is 204 Å². The number of benzene rings is 2. The summed E-state index contributed by atoms with van der Waals surface area (Å²) in [6.45, 7) is 0.184. The first kappa shape index (κ1) is 24.7. The topological polar surface area (TPSA) is 125 Å². The number of carboxylic acid groups (broad SMARTS) is 1. The number of aliphatic hydroxyl groups is 1. The van der Waals surface area contributed by atoms with Crippen molar-refractivity contribution in [1.82, 2.24) is 10.6 Å². The SMILES string of the molecule is O=C(CC(CNC(=O)OCC1c2ccccc2-c2ccccc21)C1CCCC1)NC[C@H](O)C(=O)O. The zero-order chi connectivity index (χ0) is 24.8. The summed E-state index contributed by atoms with van der Waals surface area (Å²) < 4.78 is 5.61. The molecule has 4 rings (SSSR count). The van der Waals surface area contributed by atoms with Gasteiger partial charge in [0.15, 0.2) is 6.10 Å². The minimum atomic E-state index is -1.64. The molecule has 0 aromatic heterocycles. The second-order valence-corrected chi connectivity index (χ2v) is 9.37. The van der Waals surface area contributed by atoms with E-state index < -0.39 is 18.2 Å². The number of nitrogens with one attached hydrogen (secondary N) is 2. The number of aliphatic carboxylic acids is 1. The zero-order valence-electron chi connectivity index (χ0n) is 19.6. The number of ether oxygens (including phenoxy) is 1. The summed E-state index contributed by atoms with van der Waals surface area (Å²) in [7, 11) is 0. The third-order valence-electron chi connectivity index (χ3n) is 7.14. The van der Waals surface area contributed by atoms with Crippen LogP contribution in [0.15, 0.2) is 48.5 Å². The molecule has 0 aliphatic heterocycles. The molecule has 2 aromatic rings. The second-order valence-electron chi connectivity index (χ2n) is 9.37. The van der Waals surface area contributed by atoms with Crippen LogP contribution in [-0.4, -0.2) is 54.0 Å². The zero-order valence-corrected chi connectivity index (χ0v) is 19.6. The predicted octanol–water partition coefficient (Wildman–Crippen LogP) is 3.28. The van der Waals surface area contributed by atoms with Crippen LogP contribution in [0.4, 0.5) is 4.79 Å². The van der Waals surface area contributed by atoms with E-state index in [4.69, 9.17) is 9.84 Å². The fourth-order valence-corrected chi connectivity index (χ4v) is 5.31. The van der Waals surface area contributed by atoms with Crippen molar-refractivity contribution in [2.45, 2.75) is 44.1 Å². The lowest BCUT2D eigenvalue weighted by molar-refractivity contribution is -0.146. The average Bonchev–Trinajstić information content (AvgIpc) is 3.50. The summed E-state index contributed by atoms with van der Waals surface area (Å²) in [4.78, 5) is 35.7. The highest BCUT2D eigenvalue weighted by atomic mass is 16.5. The number of alkyl carbamates (subject to hydrolysis) is 1. The number of hydrogen-bond acceptors (Lipinski definition) is 5. The summed E-state index contributed by atoms with van der Waals surface area (Å²) in [5.41, 5.74) is 4.62. The fraction of sp³-hybridized carbons (Fsp3) is 0.444. The first-order chi connectivity index (χ1) is 16.9. The normalized spacial score (nSPS) is 16.7. The molecule has 0 bridgehead atoms. The third-order valence-corrected chi connectivity index (χ3v) is 7.14. The van der Waals surface area contributed by atoms with Crippen molar-refractivity contribution in [1.29, 1.82) is 0 Å².